The highest BCUT2D eigenvalue weighted by atomic mass is 16.7. The largest absolute Gasteiger partial charge is 0.497 e. The molecule has 0 aromatic heterocycles. The maximum atomic E-state index is 13.2. The summed E-state index contributed by atoms with van der Waals surface area (Å²) in [5.74, 6) is 1.06. The Morgan fingerprint density at radius 3 is 2.33 bits per heavy atom. The van der Waals surface area contributed by atoms with Crippen LogP contribution in [0.2, 0.25) is 0 Å². The van der Waals surface area contributed by atoms with E-state index in [1.165, 1.54) is 0 Å². The van der Waals surface area contributed by atoms with Crippen LogP contribution in [0.15, 0.2) is 60.4 Å². The molecule has 1 saturated heterocycles. The second kappa shape index (κ2) is 10.8. The molecule has 2 aliphatic rings. The summed E-state index contributed by atoms with van der Waals surface area (Å²) in [7, 11) is 3.71. The van der Waals surface area contributed by atoms with Crippen molar-refractivity contribution in [3.63, 3.8) is 0 Å². The number of piperazine rings is 1. The number of hydrogen-bond acceptors (Lipinski definition) is 6. The Balaban J connectivity index is 1.50. The number of nitrogens with zero attached hydrogens (tertiary/aromatic N) is 2. The molecule has 0 saturated carbocycles. The molecule has 0 unspecified atom stereocenters. The van der Waals surface area contributed by atoms with E-state index in [-0.39, 0.29) is 18.4 Å². The second-order valence-electron chi connectivity index (χ2n) is 8.57. The third kappa shape index (κ3) is 5.93. The van der Waals surface area contributed by atoms with Crippen LogP contribution >= 0.6 is 0 Å². The van der Waals surface area contributed by atoms with Crippen molar-refractivity contribution in [1.29, 1.82) is 0 Å². The van der Waals surface area contributed by atoms with Crippen LogP contribution in [0.25, 0.3) is 0 Å². The Bertz CT molecular complexity index is 950. The molecule has 1 fully saturated rings. The normalized spacial score (nSPS) is 21.3. The van der Waals surface area contributed by atoms with Gasteiger partial charge in [0.15, 0.2) is 5.76 Å². The van der Waals surface area contributed by atoms with Gasteiger partial charge < -0.3 is 29.1 Å². The van der Waals surface area contributed by atoms with E-state index in [4.69, 9.17) is 14.2 Å². The summed E-state index contributed by atoms with van der Waals surface area (Å²) in [6.07, 6.45) is 2.00. The lowest BCUT2D eigenvalue weighted by atomic mass is 9.92. The third-order valence-corrected chi connectivity index (χ3v) is 6.24. The summed E-state index contributed by atoms with van der Waals surface area (Å²) < 4.78 is 17.4. The summed E-state index contributed by atoms with van der Waals surface area (Å²) in [6, 6.07) is 15.5. The number of hydrogen-bond donors (Lipinski definition) is 1. The lowest BCUT2D eigenvalue weighted by molar-refractivity contribution is -0.156. The number of rotatable bonds is 7. The number of carbonyl (C=O) groups is 1. The first-order valence-electron chi connectivity index (χ1n) is 11.4. The van der Waals surface area contributed by atoms with E-state index < -0.39 is 6.29 Å². The minimum Gasteiger partial charge on any atom is -0.497 e. The van der Waals surface area contributed by atoms with Gasteiger partial charge in [0.1, 0.15) is 5.75 Å². The van der Waals surface area contributed by atoms with E-state index in [1.54, 1.807) is 7.11 Å². The van der Waals surface area contributed by atoms with E-state index in [2.05, 4.69) is 11.9 Å². The second-order valence-corrected chi connectivity index (χ2v) is 8.57. The number of likely N-dealkylation sites (N-methyl/N-ethyl adjacent to an activating group) is 1. The van der Waals surface area contributed by atoms with E-state index in [1.807, 2.05) is 59.5 Å². The molecule has 33 heavy (non-hydrogen) atoms. The average molecular weight is 453 g/mol. The number of aliphatic hydroxyl groups is 1. The predicted molar refractivity (Wildman–Crippen MR) is 125 cm³/mol. The molecule has 176 valence electrons. The van der Waals surface area contributed by atoms with Gasteiger partial charge in [-0.1, -0.05) is 36.4 Å². The van der Waals surface area contributed by atoms with Crippen molar-refractivity contribution >= 4 is 5.91 Å². The van der Waals surface area contributed by atoms with Gasteiger partial charge in [-0.2, -0.15) is 0 Å². The van der Waals surface area contributed by atoms with Crippen LogP contribution in [0.3, 0.4) is 0 Å². The van der Waals surface area contributed by atoms with Gasteiger partial charge in [0.25, 0.3) is 5.91 Å². The molecule has 4 rings (SSSR count). The van der Waals surface area contributed by atoms with E-state index in [0.29, 0.717) is 31.9 Å². The number of allylic oxidation sites excluding steroid dienone is 1. The van der Waals surface area contributed by atoms with Crippen LogP contribution in [-0.2, 0) is 27.5 Å². The molecule has 7 heteroatoms. The Hall–Kier alpha value is -2.87. The third-order valence-electron chi connectivity index (χ3n) is 6.24. The molecule has 7 nitrogen and oxygen atoms in total. The van der Waals surface area contributed by atoms with Crippen molar-refractivity contribution in [3.8, 4) is 5.75 Å². The summed E-state index contributed by atoms with van der Waals surface area (Å²) in [5.41, 5.74) is 2.93. The monoisotopic (exact) mass is 452 g/mol. The summed E-state index contributed by atoms with van der Waals surface area (Å²) in [6.45, 7) is 3.45. The molecular weight excluding hydrogens is 420 g/mol. The minimum absolute atomic E-state index is 0.00200. The molecule has 2 aliphatic heterocycles. The summed E-state index contributed by atoms with van der Waals surface area (Å²) >= 11 is 0. The van der Waals surface area contributed by atoms with Crippen LogP contribution in [0.4, 0.5) is 0 Å². The van der Waals surface area contributed by atoms with Crippen LogP contribution in [-0.4, -0.2) is 67.4 Å². The van der Waals surface area contributed by atoms with Crippen molar-refractivity contribution in [2.24, 2.45) is 0 Å². The molecule has 1 amide bonds. The van der Waals surface area contributed by atoms with Crippen molar-refractivity contribution in [3.05, 3.63) is 77.1 Å². The Morgan fingerprint density at radius 1 is 1.03 bits per heavy atom. The van der Waals surface area contributed by atoms with Crippen LogP contribution in [0.1, 0.15) is 29.0 Å². The first-order chi connectivity index (χ1) is 16.1. The van der Waals surface area contributed by atoms with E-state index in [0.717, 1.165) is 35.5 Å². The fraction of sp³-hybridized carbons (Fsp3) is 0.423. The minimum atomic E-state index is -0.536. The molecule has 0 bridgehead atoms. The van der Waals surface area contributed by atoms with Gasteiger partial charge in [-0.05, 0) is 41.9 Å². The number of amides is 1. The van der Waals surface area contributed by atoms with Gasteiger partial charge in [-0.3, -0.25) is 4.79 Å². The molecule has 0 spiro atoms. The lowest BCUT2D eigenvalue weighted by Gasteiger charge is -2.35. The fourth-order valence-electron chi connectivity index (χ4n) is 4.09. The number of benzene rings is 2. The van der Waals surface area contributed by atoms with Crippen molar-refractivity contribution < 1.29 is 24.1 Å². The molecule has 1 N–H and O–H groups in total. The highest BCUT2D eigenvalue weighted by Crippen LogP contribution is 2.33. The smallest absolute Gasteiger partial charge is 0.288 e. The van der Waals surface area contributed by atoms with E-state index >= 15 is 0 Å². The SMILES string of the molecule is COc1ccc([C@@H]2C=C(C(=O)N3CCN(C)CC3)O[C@H](OCc3ccc(CO)cc3)C2)cc1. The van der Waals surface area contributed by atoms with Gasteiger partial charge in [0.2, 0.25) is 6.29 Å². The molecule has 0 aliphatic carbocycles. The zero-order valence-electron chi connectivity index (χ0n) is 19.3. The van der Waals surface area contributed by atoms with Gasteiger partial charge in [0, 0.05) is 38.5 Å². The number of aliphatic hydroxyl groups excluding tert-OH is 1. The summed E-state index contributed by atoms with van der Waals surface area (Å²) in [5, 5.41) is 9.23. The number of ether oxygens (including phenoxy) is 3. The molecule has 2 heterocycles. The topological polar surface area (TPSA) is 71.5 Å². The summed E-state index contributed by atoms with van der Waals surface area (Å²) in [4.78, 5) is 17.3. The van der Waals surface area contributed by atoms with Gasteiger partial charge in [-0.25, -0.2) is 0 Å². The maximum Gasteiger partial charge on any atom is 0.288 e. The zero-order chi connectivity index (χ0) is 23.2. The van der Waals surface area contributed by atoms with Crippen molar-refractivity contribution in [2.45, 2.75) is 31.8 Å². The van der Waals surface area contributed by atoms with Crippen LogP contribution in [0, 0.1) is 0 Å². The number of carbonyl (C=O) groups excluding carboxylic acids is 1. The lowest BCUT2D eigenvalue weighted by Crippen LogP contribution is -2.48. The highest BCUT2D eigenvalue weighted by Gasteiger charge is 2.32. The molecular formula is C26H32N2O5. The molecule has 0 radical (unpaired) electrons. The average Bonchev–Trinajstić information content (AvgIpc) is 2.87. The highest BCUT2D eigenvalue weighted by molar-refractivity contribution is 5.92. The van der Waals surface area contributed by atoms with Crippen LogP contribution < -0.4 is 4.74 Å². The molecule has 2 atom stereocenters. The first kappa shape index (κ1) is 23.3. The quantitative estimate of drug-likeness (QED) is 0.697. The van der Waals surface area contributed by atoms with Crippen molar-refractivity contribution in [2.75, 3.05) is 40.3 Å². The van der Waals surface area contributed by atoms with Crippen LogP contribution in [0.5, 0.6) is 5.75 Å². The van der Waals surface area contributed by atoms with Gasteiger partial charge in [0.05, 0.1) is 20.3 Å². The fourth-order valence-corrected chi connectivity index (χ4v) is 4.09. The standard InChI is InChI=1S/C26H32N2O5/c1-27-11-13-28(14-12-27)26(30)24-15-22(21-7-9-23(31-2)10-8-21)16-25(33-24)32-18-20-5-3-19(17-29)4-6-20/h3-10,15,22,25,29H,11-14,16-18H2,1-2H3/t22-,25+/m1/s1. The van der Waals surface area contributed by atoms with Gasteiger partial charge in [-0.15, -0.1) is 0 Å². The Morgan fingerprint density at radius 2 is 1.70 bits per heavy atom. The molecule has 2 aromatic rings. The Labute approximate surface area is 195 Å². The maximum absolute atomic E-state index is 13.2. The predicted octanol–water partition coefficient (Wildman–Crippen LogP) is 2.89. The van der Waals surface area contributed by atoms with Crippen molar-refractivity contribution in [1.82, 2.24) is 9.80 Å². The molecule has 2 aromatic carbocycles. The number of methoxy groups -OCH3 is 1. The Kier molecular flexibility index (Phi) is 7.65. The van der Waals surface area contributed by atoms with E-state index in [9.17, 15) is 9.90 Å². The first-order valence-corrected chi connectivity index (χ1v) is 11.4. The zero-order valence-corrected chi connectivity index (χ0v) is 19.3. The van der Waals surface area contributed by atoms with Gasteiger partial charge >= 0.3 is 0 Å².